The van der Waals surface area contributed by atoms with Gasteiger partial charge in [0.05, 0.1) is 12.2 Å². The molecule has 1 aliphatic rings. The van der Waals surface area contributed by atoms with E-state index in [0.717, 1.165) is 13.0 Å². The van der Waals surface area contributed by atoms with Crippen LogP contribution in [0.25, 0.3) is 0 Å². The van der Waals surface area contributed by atoms with Crippen LogP contribution >= 0.6 is 0 Å². The van der Waals surface area contributed by atoms with Crippen LogP contribution in [0.5, 0.6) is 0 Å². The van der Waals surface area contributed by atoms with E-state index in [0.29, 0.717) is 18.2 Å². The lowest BCUT2D eigenvalue weighted by molar-refractivity contribution is -0.0131. The first-order chi connectivity index (χ1) is 6.77. The molecule has 3 unspecified atom stereocenters. The van der Waals surface area contributed by atoms with Crippen LogP contribution in [-0.2, 0) is 4.74 Å². The third kappa shape index (κ3) is 3.58. The van der Waals surface area contributed by atoms with Crippen molar-refractivity contribution in [3.8, 4) is 0 Å². The fraction of sp³-hybridized carbons (Fsp3) is 1.00. The molecule has 2 nitrogen and oxygen atoms in total. The second-order valence-corrected chi connectivity index (χ2v) is 4.38. The van der Waals surface area contributed by atoms with Crippen LogP contribution in [0.1, 0.15) is 52.9 Å². The molecule has 1 fully saturated rings. The second-order valence-electron chi connectivity index (χ2n) is 4.38. The number of nitrogens with one attached hydrogen (secondary N) is 1. The Hall–Kier alpha value is -0.0800. The summed E-state index contributed by atoms with van der Waals surface area (Å²) >= 11 is 0. The smallest absolute Gasteiger partial charge is 0.0731 e. The predicted octanol–water partition coefficient (Wildman–Crippen LogP) is 2.72. The summed E-state index contributed by atoms with van der Waals surface area (Å²) in [4.78, 5) is 0. The monoisotopic (exact) mass is 199 g/mol. The van der Waals surface area contributed by atoms with E-state index in [4.69, 9.17) is 4.74 Å². The molecule has 2 heteroatoms. The molecule has 0 aliphatic heterocycles. The van der Waals surface area contributed by atoms with Crippen LogP contribution in [0.15, 0.2) is 0 Å². The van der Waals surface area contributed by atoms with E-state index >= 15 is 0 Å². The molecular weight excluding hydrogens is 174 g/mol. The van der Waals surface area contributed by atoms with Crippen LogP contribution in [0, 0.1) is 0 Å². The molecule has 1 rings (SSSR count). The number of rotatable bonds is 6. The van der Waals surface area contributed by atoms with Gasteiger partial charge in [0, 0.05) is 6.04 Å². The Labute approximate surface area is 88.4 Å². The van der Waals surface area contributed by atoms with Gasteiger partial charge in [0.1, 0.15) is 0 Å². The Morgan fingerprint density at radius 2 is 2.14 bits per heavy atom. The Morgan fingerprint density at radius 3 is 2.79 bits per heavy atom. The van der Waals surface area contributed by atoms with Crippen LogP contribution in [-0.4, -0.2) is 24.8 Å². The maximum atomic E-state index is 6.01. The third-order valence-electron chi connectivity index (χ3n) is 3.09. The van der Waals surface area contributed by atoms with Crippen molar-refractivity contribution in [1.29, 1.82) is 0 Å². The summed E-state index contributed by atoms with van der Waals surface area (Å²) in [7, 11) is 0. The Balaban J connectivity index is 2.27. The summed E-state index contributed by atoms with van der Waals surface area (Å²) in [6.07, 6.45) is 7.08. The summed E-state index contributed by atoms with van der Waals surface area (Å²) in [5.41, 5.74) is 0. The van der Waals surface area contributed by atoms with E-state index in [9.17, 15) is 0 Å². The molecule has 0 bridgehead atoms. The molecule has 0 aromatic heterocycles. The van der Waals surface area contributed by atoms with Crippen molar-refractivity contribution in [2.24, 2.45) is 0 Å². The van der Waals surface area contributed by atoms with Crippen molar-refractivity contribution < 1.29 is 4.74 Å². The highest BCUT2D eigenvalue weighted by Crippen LogP contribution is 2.23. The zero-order valence-corrected chi connectivity index (χ0v) is 9.88. The summed E-state index contributed by atoms with van der Waals surface area (Å²) < 4.78 is 6.01. The average Bonchev–Trinajstić information content (AvgIpc) is 2.62. The second kappa shape index (κ2) is 6.41. The SMILES string of the molecule is CCCNC1CCCC1OC(C)CC. The molecule has 1 N–H and O–H groups in total. The Bertz CT molecular complexity index is 149. The maximum Gasteiger partial charge on any atom is 0.0731 e. The quantitative estimate of drug-likeness (QED) is 0.710. The van der Waals surface area contributed by atoms with Crippen molar-refractivity contribution in [1.82, 2.24) is 5.32 Å². The Morgan fingerprint density at radius 1 is 1.36 bits per heavy atom. The van der Waals surface area contributed by atoms with Gasteiger partial charge in [0.2, 0.25) is 0 Å². The van der Waals surface area contributed by atoms with Gasteiger partial charge in [-0.3, -0.25) is 0 Å². The van der Waals surface area contributed by atoms with Crippen LogP contribution in [0.2, 0.25) is 0 Å². The highest BCUT2D eigenvalue weighted by Gasteiger charge is 2.28. The fourth-order valence-corrected chi connectivity index (χ4v) is 2.05. The number of hydrogen-bond donors (Lipinski definition) is 1. The van der Waals surface area contributed by atoms with E-state index < -0.39 is 0 Å². The summed E-state index contributed by atoms with van der Waals surface area (Å²) in [5.74, 6) is 0. The normalized spacial score (nSPS) is 29.4. The zero-order chi connectivity index (χ0) is 10.4. The number of ether oxygens (including phenoxy) is 1. The summed E-state index contributed by atoms with van der Waals surface area (Å²) in [5, 5.41) is 3.59. The van der Waals surface area contributed by atoms with Gasteiger partial charge in [-0.25, -0.2) is 0 Å². The highest BCUT2D eigenvalue weighted by atomic mass is 16.5. The average molecular weight is 199 g/mol. The molecule has 0 amide bonds. The highest BCUT2D eigenvalue weighted by molar-refractivity contribution is 4.84. The first-order valence-electron chi connectivity index (χ1n) is 6.16. The number of hydrogen-bond acceptors (Lipinski definition) is 2. The van der Waals surface area contributed by atoms with Crippen molar-refractivity contribution in [3.63, 3.8) is 0 Å². The molecule has 0 aromatic rings. The van der Waals surface area contributed by atoms with Crippen LogP contribution < -0.4 is 5.32 Å². The molecule has 0 aromatic carbocycles. The van der Waals surface area contributed by atoms with Gasteiger partial charge in [-0.2, -0.15) is 0 Å². The molecule has 0 radical (unpaired) electrons. The molecule has 0 saturated heterocycles. The Kier molecular flexibility index (Phi) is 5.49. The lowest BCUT2D eigenvalue weighted by atomic mass is 10.2. The lowest BCUT2D eigenvalue weighted by Gasteiger charge is -2.24. The van der Waals surface area contributed by atoms with Gasteiger partial charge in [0.25, 0.3) is 0 Å². The zero-order valence-electron chi connectivity index (χ0n) is 9.88. The molecule has 3 atom stereocenters. The van der Waals surface area contributed by atoms with Gasteiger partial charge >= 0.3 is 0 Å². The minimum Gasteiger partial charge on any atom is -0.374 e. The standard InChI is InChI=1S/C12H25NO/c1-4-9-13-11-7-6-8-12(11)14-10(3)5-2/h10-13H,4-9H2,1-3H3. The minimum atomic E-state index is 0.420. The topological polar surface area (TPSA) is 21.3 Å². The fourth-order valence-electron chi connectivity index (χ4n) is 2.05. The molecule has 0 heterocycles. The van der Waals surface area contributed by atoms with Crippen molar-refractivity contribution >= 4 is 0 Å². The summed E-state index contributed by atoms with van der Waals surface area (Å²) in [6.45, 7) is 7.71. The molecule has 1 saturated carbocycles. The molecule has 0 spiro atoms. The van der Waals surface area contributed by atoms with E-state index in [2.05, 4.69) is 26.1 Å². The van der Waals surface area contributed by atoms with Crippen molar-refractivity contribution in [3.05, 3.63) is 0 Å². The van der Waals surface area contributed by atoms with E-state index in [1.165, 1.54) is 25.7 Å². The first-order valence-corrected chi connectivity index (χ1v) is 6.16. The summed E-state index contributed by atoms with van der Waals surface area (Å²) in [6, 6.07) is 0.615. The third-order valence-corrected chi connectivity index (χ3v) is 3.09. The molecular formula is C12H25NO. The van der Waals surface area contributed by atoms with E-state index in [1.807, 2.05) is 0 Å². The van der Waals surface area contributed by atoms with Gasteiger partial charge in [-0.15, -0.1) is 0 Å². The predicted molar refractivity (Wildman–Crippen MR) is 60.6 cm³/mol. The molecule has 84 valence electrons. The maximum absolute atomic E-state index is 6.01. The van der Waals surface area contributed by atoms with Crippen molar-refractivity contribution in [2.75, 3.05) is 6.54 Å². The van der Waals surface area contributed by atoms with Gasteiger partial charge < -0.3 is 10.1 Å². The van der Waals surface area contributed by atoms with Crippen LogP contribution in [0.4, 0.5) is 0 Å². The molecule has 14 heavy (non-hydrogen) atoms. The minimum absolute atomic E-state index is 0.420. The first kappa shape index (κ1) is 12.0. The van der Waals surface area contributed by atoms with E-state index in [1.54, 1.807) is 0 Å². The molecule has 1 aliphatic carbocycles. The van der Waals surface area contributed by atoms with E-state index in [-0.39, 0.29) is 0 Å². The largest absolute Gasteiger partial charge is 0.374 e. The van der Waals surface area contributed by atoms with Crippen molar-refractivity contribution in [2.45, 2.75) is 71.1 Å². The van der Waals surface area contributed by atoms with Crippen LogP contribution in [0.3, 0.4) is 0 Å². The lowest BCUT2D eigenvalue weighted by Crippen LogP contribution is -2.39. The van der Waals surface area contributed by atoms with Gasteiger partial charge in [0.15, 0.2) is 0 Å². The van der Waals surface area contributed by atoms with Gasteiger partial charge in [-0.1, -0.05) is 13.8 Å². The van der Waals surface area contributed by atoms with Gasteiger partial charge in [-0.05, 0) is 45.6 Å².